The van der Waals surface area contributed by atoms with Gasteiger partial charge in [0.1, 0.15) is 0 Å². The van der Waals surface area contributed by atoms with Crippen LogP contribution in [-0.4, -0.2) is 28.0 Å². The Bertz CT molecular complexity index is 875. The summed E-state index contributed by atoms with van der Waals surface area (Å²) in [7, 11) is 0. The van der Waals surface area contributed by atoms with Crippen molar-refractivity contribution in [2.24, 2.45) is 0 Å². The molecule has 0 fully saturated rings. The van der Waals surface area contributed by atoms with Crippen LogP contribution in [0.15, 0.2) is 65.6 Å². The average Bonchev–Trinajstić information content (AvgIpc) is 2.96. The van der Waals surface area contributed by atoms with Gasteiger partial charge in [0.15, 0.2) is 0 Å². The molecule has 0 aliphatic rings. The van der Waals surface area contributed by atoms with Gasteiger partial charge >= 0.3 is 0 Å². The number of nitrogens with zero attached hydrogens (tertiary/aromatic N) is 2. The minimum absolute atomic E-state index is 0.0333. The molecular formula is C22H25N3OS. The molecule has 1 heterocycles. The quantitative estimate of drug-likeness (QED) is 0.464. The van der Waals surface area contributed by atoms with Gasteiger partial charge in [0, 0.05) is 17.1 Å². The SMILES string of the molecule is Cc1nn(Cc2ccccc2)c(C)c1C(=O)NCCCSc1ccccc1. The molecule has 3 rings (SSSR count). The normalized spacial score (nSPS) is 10.7. The van der Waals surface area contributed by atoms with Crippen molar-refractivity contribution in [3.63, 3.8) is 0 Å². The van der Waals surface area contributed by atoms with Gasteiger partial charge in [-0.15, -0.1) is 11.8 Å². The fourth-order valence-corrected chi connectivity index (χ4v) is 3.88. The highest BCUT2D eigenvalue weighted by atomic mass is 32.2. The molecule has 0 saturated heterocycles. The molecule has 4 nitrogen and oxygen atoms in total. The van der Waals surface area contributed by atoms with E-state index in [4.69, 9.17) is 0 Å². The number of aromatic nitrogens is 2. The van der Waals surface area contributed by atoms with Gasteiger partial charge in [-0.05, 0) is 43.7 Å². The molecule has 1 amide bonds. The van der Waals surface area contributed by atoms with Crippen molar-refractivity contribution in [2.45, 2.75) is 31.7 Å². The number of benzene rings is 2. The van der Waals surface area contributed by atoms with Crippen LogP contribution in [0.4, 0.5) is 0 Å². The number of amides is 1. The van der Waals surface area contributed by atoms with Crippen LogP contribution in [0.3, 0.4) is 0 Å². The lowest BCUT2D eigenvalue weighted by atomic mass is 10.1. The molecule has 1 N–H and O–H groups in total. The number of rotatable bonds is 8. The molecule has 0 radical (unpaired) electrons. The highest BCUT2D eigenvalue weighted by Crippen LogP contribution is 2.18. The third-order valence-corrected chi connectivity index (χ3v) is 5.50. The molecule has 3 aromatic rings. The van der Waals surface area contributed by atoms with Gasteiger partial charge in [-0.25, -0.2) is 0 Å². The van der Waals surface area contributed by atoms with Crippen LogP contribution >= 0.6 is 11.8 Å². The zero-order chi connectivity index (χ0) is 19.1. The van der Waals surface area contributed by atoms with Gasteiger partial charge in [-0.3, -0.25) is 9.48 Å². The predicted molar refractivity (Wildman–Crippen MR) is 111 cm³/mol. The molecule has 0 unspecified atom stereocenters. The van der Waals surface area contributed by atoms with E-state index in [0.29, 0.717) is 18.7 Å². The lowest BCUT2D eigenvalue weighted by Gasteiger charge is -2.07. The van der Waals surface area contributed by atoms with Crippen molar-refractivity contribution in [3.05, 3.63) is 83.2 Å². The van der Waals surface area contributed by atoms with E-state index < -0.39 is 0 Å². The molecule has 1 aromatic heterocycles. The molecule has 0 spiro atoms. The lowest BCUT2D eigenvalue weighted by molar-refractivity contribution is 0.0952. The van der Waals surface area contributed by atoms with E-state index >= 15 is 0 Å². The monoisotopic (exact) mass is 379 g/mol. The molecule has 0 atom stereocenters. The van der Waals surface area contributed by atoms with Crippen LogP contribution in [0, 0.1) is 13.8 Å². The summed E-state index contributed by atoms with van der Waals surface area (Å²) in [5, 5.41) is 7.60. The number of hydrogen-bond donors (Lipinski definition) is 1. The number of thioether (sulfide) groups is 1. The Morgan fingerprint density at radius 2 is 1.70 bits per heavy atom. The maximum atomic E-state index is 12.6. The average molecular weight is 380 g/mol. The maximum absolute atomic E-state index is 12.6. The second-order valence-electron chi connectivity index (χ2n) is 6.46. The van der Waals surface area contributed by atoms with Gasteiger partial charge in [0.2, 0.25) is 0 Å². The van der Waals surface area contributed by atoms with Gasteiger partial charge < -0.3 is 5.32 Å². The topological polar surface area (TPSA) is 46.9 Å². The highest BCUT2D eigenvalue weighted by Gasteiger charge is 2.18. The Morgan fingerprint density at radius 3 is 2.41 bits per heavy atom. The van der Waals surface area contributed by atoms with E-state index in [1.54, 1.807) is 0 Å². The molecular weight excluding hydrogens is 354 g/mol. The van der Waals surface area contributed by atoms with Gasteiger partial charge in [0.25, 0.3) is 5.91 Å². The van der Waals surface area contributed by atoms with Crippen LogP contribution in [0.2, 0.25) is 0 Å². The summed E-state index contributed by atoms with van der Waals surface area (Å²) in [6.45, 7) is 5.20. The summed E-state index contributed by atoms with van der Waals surface area (Å²) in [4.78, 5) is 13.9. The van der Waals surface area contributed by atoms with E-state index in [-0.39, 0.29) is 5.91 Å². The Hall–Kier alpha value is -2.53. The molecule has 0 saturated carbocycles. The first-order valence-corrected chi connectivity index (χ1v) is 10.2. The molecule has 27 heavy (non-hydrogen) atoms. The van der Waals surface area contributed by atoms with Crippen molar-refractivity contribution >= 4 is 17.7 Å². The fraction of sp³-hybridized carbons (Fsp3) is 0.273. The number of carbonyl (C=O) groups excluding carboxylic acids is 1. The Kier molecular flexibility index (Phi) is 6.71. The van der Waals surface area contributed by atoms with Crippen LogP contribution in [0.25, 0.3) is 0 Å². The van der Waals surface area contributed by atoms with Crippen molar-refractivity contribution in [3.8, 4) is 0 Å². The highest BCUT2D eigenvalue weighted by molar-refractivity contribution is 7.99. The zero-order valence-corrected chi connectivity index (χ0v) is 16.6. The maximum Gasteiger partial charge on any atom is 0.255 e. The minimum atomic E-state index is -0.0333. The second kappa shape index (κ2) is 9.42. The van der Waals surface area contributed by atoms with E-state index in [9.17, 15) is 4.79 Å². The Balaban J connectivity index is 1.52. The van der Waals surface area contributed by atoms with Crippen molar-refractivity contribution in [2.75, 3.05) is 12.3 Å². The number of nitrogens with one attached hydrogen (secondary N) is 1. The Labute approximate surface area is 165 Å². The summed E-state index contributed by atoms with van der Waals surface area (Å²) in [5.41, 5.74) is 3.56. The molecule has 0 aliphatic heterocycles. The third-order valence-electron chi connectivity index (χ3n) is 4.40. The molecule has 5 heteroatoms. The summed E-state index contributed by atoms with van der Waals surface area (Å²) in [5.74, 6) is 0.948. The Morgan fingerprint density at radius 1 is 1.04 bits per heavy atom. The first-order valence-electron chi connectivity index (χ1n) is 9.19. The number of carbonyl (C=O) groups is 1. The summed E-state index contributed by atoms with van der Waals surface area (Å²) in [6.07, 6.45) is 0.932. The number of hydrogen-bond acceptors (Lipinski definition) is 3. The lowest BCUT2D eigenvalue weighted by Crippen LogP contribution is -2.26. The fourth-order valence-electron chi connectivity index (χ4n) is 3.01. The van der Waals surface area contributed by atoms with Crippen LogP contribution in [0.5, 0.6) is 0 Å². The van der Waals surface area contributed by atoms with Crippen LogP contribution in [-0.2, 0) is 6.54 Å². The second-order valence-corrected chi connectivity index (χ2v) is 7.63. The summed E-state index contributed by atoms with van der Waals surface area (Å²) in [6, 6.07) is 20.5. The first-order chi connectivity index (χ1) is 13.1. The van der Waals surface area contributed by atoms with Crippen molar-refractivity contribution < 1.29 is 4.79 Å². The molecule has 0 bridgehead atoms. The van der Waals surface area contributed by atoms with E-state index in [0.717, 1.165) is 23.6 Å². The van der Waals surface area contributed by atoms with Gasteiger partial charge in [0.05, 0.1) is 17.8 Å². The summed E-state index contributed by atoms with van der Waals surface area (Å²) < 4.78 is 1.91. The van der Waals surface area contributed by atoms with Crippen molar-refractivity contribution in [1.82, 2.24) is 15.1 Å². The first kappa shape index (κ1) is 19.2. The third kappa shape index (κ3) is 5.23. The molecule has 140 valence electrons. The van der Waals surface area contributed by atoms with Crippen molar-refractivity contribution in [1.29, 1.82) is 0 Å². The minimum Gasteiger partial charge on any atom is -0.352 e. The van der Waals surface area contributed by atoms with E-state index in [1.165, 1.54) is 10.5 Å². The van der Waals surface area contributed by atoms with E-state index in [1.807, 2.05) is 66.7 Å². The van der Waals surface area contributed by atoms with Gasteiger partial charge in [-0.2, -0.15) is 5.10 Å². The van der Waals surface area contributed by atoms with Gasteiger partial charge in [-0.1, -0.05) is 48.5 Å². The predicted octanol–water partition coefficient (Wildman–Crippen LogP) is 4.46. The molecule has 0 aliphatic carbocycles. The summed E-state index contributed by atoms with van der Waals surface area (Å²) >= 11 is 1.81. The van der Waals surface area contributed by atoms with E-state index in [2.05, 4.69) is 34.7 Å². The zero-order valence-electron chi connectivity index (χ0n) is 15.8. The van der Waals surface area contributed by atoms with Crippen LogP contribution < -0.4 is 5.32 Å². The van der Waals surface area contributed by atoms with Crippen LogP contribution in [0.1, 0.15) is 33.7 Å². The molecule has 2 aromatic carbocycles. The smallest absolute Gasteiger partial charge is 0.255 e. The number of aryl methyl sites for hydroxylation is 1. The standard InChI is InChI=1S/C22H25N3OS/c1-17-21(18(2)25(24-17)16-19-10-5-3-6-11-19)22(26)23-14-9-15-27-20-12-7-4-8-13-20/h3-8,10-13H,9,14-16H2,1-2H3,(H,23,26). The largest absolute Gasteiger partial charge is 0.352 e.